The van der Waals surface area contributed by atoms with Gasteiger partial charge in [0, 0.05) is 10.6 Å². The Kier molecular flexibility index (Phi) is 4.44. The predicted octanol–water partition coefficient (Wildman–Crippen LogP) is 4.22. The number of carbonyl (C=O) groups excluding carboxylic acids is 1. The monoisotopic (exact) mass is 325 g/mol. The molecule has 0 radical (unpaired) electrons. The second-order valence-electron chi connectivity index (χ2n) is 5.25. The maximum Gasteiger partial charge on any atom is 0.269 e. The summed E-state index contributed by atoms with van der Waals surface area (Å²) in [5, 5.41) is 10.5. The molecule has 0 unspecified atom stereocenters. The number of hydrogen-bond donors (Lipinski definition) is 2. The molecule has 1 amide bonds. The van der Waals surface area contributed by atoms with E-state index < -0.39 is 0 Å². The third kappa shape index (κ3) is 3.43. The molecule has 3 aromatic rings. The van der Waals surface area contributed by atoms with Crippen molar-refractivity contribution < 1.29 is 4.79 Å². The van der Waals surface area contributed by atoms with Crippen molar-refractivity contribution in [1.82, 2.24) is 15.5 Å². The average Bonchev–Trinajstić information content (AvgIpc) is 3.06. The Morgan fingerprint density at radius 3 is 2.57 bits per heavy atom. The molecule has 5 heteroatoms. The number of hydrogen-bond acceptors (Lipinski definition) is 2. The van der Waals surface area contributed by atoms with Crippen molar-refractivity contribution in [1.29, 1.82) is 0 Å². The summed E-state index contributed by atoms with van der Waals surface area (Å²) in [6, 6.07) is 18.7. The third-order valence-corrected chi connectivity index (χ3v) is 3.96. The highest BCUT2D eigenvalue weighted by Crippen LogP contribution is 2.23. The largest absolute Gasteiger partial charge is 0.344 e. The van der Waals surface area contributed by atoms with E-state index in [1.54, 1.807) is 6.07 Å². The van der Waals surface area contributed by atoms with E-state index in [1.807, 2.05) is 61.5 Å². The number of nitrogens with one attached hydrogen (secondary N) is 2. The van der Waals surface area contributed by atoms with Crippen molar-refractivity contribution in [2.75, 3.05) is 0 Å². The van der Waals surface area contributed by atoms with Gasteiger partial charge in [-0.25, -0.2) is 0 Å². The van der Waals surface area contributed by atoms with Gasteiger partial charge in [0.25, 0.3) is 5.91 Å². The van der Waals surface area contributed by atoms with Crippen molar-refractivity contribution in [3.63, 3.8) is 0 Å². The summed E-state index contributed by atoms with van der Waals surface area (Å²) in [6.07, 6.45) is 0. The first-order valence-electron chi connectivity index (χ1n) is 7.31. The summed E-state index contributed by atoms with van der Waals surface area (Å²) in [5.74, 6) is -0.216. The van der Waals surface area contributed by atoms with Crippen LogP contribution >= 0.6 is 11.6 Å². The Labute approximate surface area is 139 Å². The van der Waals surface area contributed by atoms with E-state index in [4.69, 9.17) is 11.6 Å². The fourth-order valence-electron chi connectivity index (χ4n) is 2.37. The Morgan fingerprint density at radius 1 is 1.13 bits per heavy atom. The van der Waals surface area contributed by atoms with Crippen LogP contribution in [0.1, 0.15) is 29.0 Å². The maximum atomic E-state index is 12.4. The average molecular weight is 326 g/mol. The molecule has 2 aromatic carbocycles. The zero-order valence-corrected chi connectivity index (χ0v) is 13.3. The molecule has 0 aliphatic rings. The highest BCUT2D eigenvalue weighted by atomic mass is 35.5. The molecule has 0 aliphatic heterocycles. The molecule has 1 atom stereocenters. The van der Waals surface area contributed by atoms with Crippen molar-refractivity contribution in [3.8, 4) is 11.3 Å². The number of aromatic nitrogens is 2. The molecule has 2 N–H and O–H groups in total. The Hall–Kier alpha value is -2.59. The lowest BCUT2D eigenvalue weighted by Crippen LogP contribution is -2.27. The molecule has 0 fully saturated rings. The van der Waals surface area contributed by atoms with Crippen molar-refractivity contribution >= 4 is 17.5 Å². The summed E-state index contributed by atoms with van der Waals surface area (Å²) in [6.45, 7) is 1.90. The quantitative estimate of drug-likeness (QED) is 0.754. The van der Waals surface area contributed by atoms with E-state index in [9.17, 15) is 4.79 Å². The van der Waals surface area contributed by atoms with Crippen LogP contribution in [-0.2, 0) is 0 Å². The number of halogens is 1. The van der Waals surface area contributed by atoms with Crippen molar-refractivity contribution in [2.24, 2.45) is 0 Å². The van der Waals surface area contributed by atoms with E-state index in [2.05, 4.69) is 15.5 Å². The van der Waals surface area contributed by atoms with Crippen LogP contribution in [-0.4, -0.2) is 16.1 Å². The van der Waals surface area contributed by atoms with Crippen LogP contribution < -0.4 is 5.32 Å². The minimum Gasteiger partial charge on any atom is -0.344 e. The fraction of sp³-hybridized carbons (Fsp3) is 0.111. The summed E-state index contributed by atoms with van der Waals surface area (Å²) in [4.78, 5) is 12.4. The van der Waals surface area contributed by atoms with E-state index in [-0.39, 0.29) is 11.9 Å². The molecular weight excluding hydrogens is 310 g/mol. The van der Waals surface area contributed by atoms with Gasteiger partial charge in [0.05, 0.1) is 11.7 Å². The third-order valence-electron chi connectivity index (χ3n) is 3.61. The van der Waals surface area contributed by atoms with Crippen LogP contribution in [0, 0.1) is 0 Å². The lowest BCUT2D eigenvalue weighted by molar-refractivity contribution is 0.0935. The topological polar surface area (TPSA) is 57.8 Å². The van der Waals surface area contributed by atoms with Crippen molar-refractivity contribution in [2.45, 2.75) is 13.0 Å². The van der Waals surface area contributed by atoms with Crippen LogP contribution in [0.3, 0.4) is 0 Å². The summed E-state index contributed by atoms with van der Waals surface area (Å²) in [5.41, 5.74) is 3.00. The van der Waals surface area contributed by atoms with Gasteiger partial charge in [-0.05, 0) is 24.6 Å². The zero-order chi connectivity index (χ0) is 16.2. The van der Waals surface area contributed by atoms with Gasteiger partial charge in [-0.15, -0.1) is 0 Å². The number of benzene rings is 2. The normalized spacial score (nSPS) is 11.9. The molecule has 0 spiro atoms. The summed E-state index contributed by atoms with van der Waals surface area (Å²) >= 11 is 6.16. The number of carbonyl (C=O) groups is 1. The molecule has 0 saturated carbocycles. The molecule has 1 heterocycles. The minimum atomic E-state index is -0.216. The number of rotatable bonds is 4. The van der Waals surface area contributed by atoms with Gasteiger partial charge in [0.2, 0.25) is 0 Å². The Balaban J connectivity index is 1.74. The first kappa shape index (κ1) is 15.3. The minimum absolute atomic E-state index is 0.195. The standard InChI is InChI=1S/C18H16ClN3O/c1-12(14-9-5-6-10-15(14)19)20-18(23)17-11-16(21-22-17)13-7-3-2-4-8-13/h2-12H,1H3,(H,20,23)(H,21,22)/t12-/m0/s1. The highest BCUT2D eigenvalue weighted by molar-refractivity contribution is 6.31. The smallest absolute Gasteiger partial charge is 0.269 e. The molecule has 1 aromatic heterocycles. The van der Waals surface area contributed by atoms with Crippen LogP contribution in [0.2, 0.25) is 5.02 Å². The van der Waals surface area contributed by atoms with Gasteiger partial charge in [-0.2, -0.15) is 5.10 Å². The predicted molar refractivity (Wildman–Crippen MR) is 91.4 cm³/mol. The first-order chi connectivity index (χ1) is 11.1. The molecular formula is C18H16ClN3O. The Morgan fingerprint density at radius 2 is 1.83 bits per heavy atom. The van der Waals surface area contributed by atoms with Gasteiger partial charge in [-0.1, -0.05) is 60.1 Å². The molecule has 23 heavy (non-hydrogen) atoms. The van der Waals surface area contributed by atoms with Crippen LogP contribution in [0.5, 0.6) is 0 Å². The van der Waals surface area contributed by atoms with Crippen LogP contribution in [0.15, 0.2) is 60.7 Å². The second-order valence-corrected chi connectivity index (χ2v) is 5.66. The van der Waals surface area contributed by atoms with Crippen LogP contribution in [0.25, 0.3) is 11.3 Å². The number of nitrogens with zero attached hydrogens (tertiary/aromatic N) is 1. The zero-order valence-electron chi connectivity index (χ0n) is 12.6. The molecule has 116 valence electrons. The summed E-state index contributed by atoms with van der Waals surface area (Å²) < 4.78 is 0. The summed E-state index contributed by atoms with van der Waals surface area (Å²) in [7, 11) is 0. The van der Waals surface area contributed by atoms with E-state index in [1.165, 1.54) is 0 Å². The fourth-order valence-corrected chi connectivity index (χ4v) is 2.67. The van der Waals surface area contributed by atoms with Gasteiger partial charge < -0.3 is 5.32 Å². The van der Waals surface area contributed by atoms with E-state index in [0.717, 1.165) is 16.8 Å². The number of aromatic amines is 1. The van der Waals surface area contributed by atoms with Gasteiger partial charge in [0.1, 0.15) is 5.69 Å². The second kappa shape index (κ2) is 6.67. The van der Waals surface area contributed by atoms with E-state index >= 15 is 0 Å². The molecule has 3 rings (SSSR count). The van der Waals surface area contributed by atoms with E-state index in [0.29, 0.717) is 10.7 Å². The molecule has 4 nitrogen and oxygen atoms in total. The van der Waals surface area contributed by atoms with Gasteiger partial charge in [-0.3, -0.25) is 9.89 Å². The number of H-pyrrole nitrogens is 1. The lowest BCUT2D eigenvalue weighted by Gasteiger charge is -2.14. The molecule has 0 aliphatic carbocycles. The highest BCUT2D eigenvalue weighted by Gasteiger charge is 2.16. The Bertz CT molecular complexity index is 814. The molecule has 0 bridgehead atoms. The van der Waals surface area contributed by atoms with Gasteiger partial charge >= 0.3 is 0 Å². The first-order valence-corrected chi connectivity index (χ1v) is 7.69. The lowest BCUT2D eigenvalue weighted by atomic mass is 10.1. The molecule has 0 saturated heterocycles. The van der Waals surface area contributed by atoms with Crippen molar-refractivity contribution in [3.05, 3.63) is 76.9 Å². The van der Waals surface area contributed by atoms with Gasteiger partial charge in [0.15, 0.2) is 0 Å². The SMILES string of the molecule is C[C@H](NC(=O)c1cc(-c2ccccc2)n[nH]1)c1ccccc1Cl. The number of amides is 1. The van der Waals surface area contributed by atoms with Crippen LogP contribution in [0.4, 0.5) is 0 Å². The maximum absolute atomic E-state index is 12.4.